The first-order valence-corrected chi connectivity index (χ1v) is 6.53. The molecule has 1 aliphatic carbocycles. The number of alkyl halides is 1. The Morgan fingerprint density at radius 2 is 2.00 bits per heavy atom. The summed E-state index contributed by atoms with van der Waals surface area (Å²) in [6.45, 7) is 4.05. The Bertz CT molecular complexity index is 229. The predicted molar refractivity (Wildman–Crippen MR) is 60.5 cm³/mol. The normalized spacial score (nSPS) is 26.3. The summed E-state index contributed by atoms with van der Waals surface area (Å²) in [6.07, 6.45) is 5.50. The zero-order valence-electron chi connectivity index (χ0n) is 8.76. The first-order chi connectivity index (χ1) is 6.68. The summed E-state index contributed by atoms with van der Waals surface area (Å²) in [5.41, 5.74) is 0.0686. The van der Waals surface area contributed by atoms with Crippen molar-refractivity contribution in [3.8, 4) is 0 Å². The van der Waals surface area contributed by atoms with Crippen molar-refractivity contribution in [2.75, 3.05) is 13.1 Å². The van der Waals surface area contributed by atoms with Crippen LogP contribution in [0.1, 0.15) is 39.0 Å². The molecule has 0 unspecified atom stereocenters. The molecule has 0 spiro atoms. The molecule has 2 aliphatic rings. The SMILES string of the molecule is CCC1(C(=O)N2CCC(Br)CC2)CC1. The monoisotopic (exact) mass is 259 g/mol. The Balaban J connectivity index is 1.92. The highest BCUT2D eigenvalue weighted by atomic mass is 79.9. The molecule has 80 valence electrons. The fraction of sp³-hybridized carbons (Fsp3) is 0.909. The lowest BCUT2D eigenvalue weighted by Gasteiger charge is -2.32. The van der Waals surface area contributed by atoms with Crippen molar-refractivity contribution in [2.45, 2.75) is 43.9 Å². The predicted octanol–water partition coefficient (Wildman–Crippen LogP) is 2.56. The minimum Gasteiger partial charge on any atom is -0.342 e. The molecular weight excluding hydrogens is 242 g/mol. The van der Waals surface area contributed by atoms with E-state index in [0.717, 1.165) is 45.2 Å². The Morgan fingerprint density at radius 1 is 1.43 bits per heavy atom. The van der Waals surface area contributed by atoms with E-state index in [0.29, 0.717) is 10.7 Å². The number of carbonyl (C=O) groups is 1. The quantitative estimate of drug-likeness (QED) is 0.699. The van der Waals surface area contributed by atoms with E-state index < -0.39 is 0 Å². The van der Waals surface area contributed by atoms with Gasteiger partial charge in [-0.15, -0.1) is 0 Å². The molecular formula is C11H18BrNO. The maximum atomic E-state index is 12.1. The van der Waals surface area contributed by atoms with Crippen molar-refractivity contribution in [1.29, 1.82) is 0 Å². The van der Waals surface area contributed by atoms with Gasteiger partial charge in [-0.25, -0.2) is 0 Å². The molecule has 2 fully saturated rings. The van der Waals surface area contributed by atoms with Crippen LogP contribution >= 0.6 is 15.9 Å². The molecule has 14 heavy (non-hydrogen) atoms. The Labute approximate surface area is 94.2 Å². The summed E-state index contributed by atoms with van der Waals surface area (Å²) in [4.78, 5) is 14.8. The third-order valence-electron chi connectivity index (χ3n) is 3.70. The Kier molecular flexibility index (Phi) is 2.87. The maximum absolute atomic E-state index is 12.1. The van der Waals surface area contributed by atoms with Gasteiger partial charge >= 0.3 is 0 Å². The second-order valence-corrected chi connectivity index (χ2v) is 5.90. The molecule has 1 amide bonds. The number of piperidine rings is 1. The van der Waals surface area contributed by atoms with Gasteiger partial charge in [0.15, 0.2) is 0 Å². The van der Waals surface area contributed by atoms with Crippen LogP contribution in [-0.4, -0.2) is 28.7 Å². The van der Waals surface area contributed by atoms with Crippen LogP contribution in [0.4, 0.5) is 0 Å². The summed E-state index contributed by atoms with van der Waals surface area (Å²) in [5.74, 6) is 0.430. The second-order valence-electron chi connectivity index (χ2n) is 4.60. The van der Waals surface area contributed by atoms with Crippen LogP contribution in [0.2, 0.25) is 0 Å². The topological polar surface area (TPSA) is 20.3 Å². The molecule has 1 saturated heterocycles. The summed E-state index contributed by atoms with van der Waals surface area (Å²) in [5, 5.41) is 0. The molecule has 2 nitrogen and oxygen atoms in total. The highest BCUT2D eigenvalue weighted by Crippen LogP contribution is 2.50. The highest BCUT2D eigenvalue weighted by Gasteiger charge is 2.50. The molecule has 0 aromatic carbocycles. The number of hydrogen-bond donors (Lipinski definition) is 0. The number of amides is 1. The lowest BCUT2D eigenvalue weighted by atomic mass is 10.00. The average Bonchev–Trinajstić information content (AvgIpc) is 2.99. The highest BCUT2D eigenvalue weighted by molar-refractivity contribution is 9.09. The van der Waals surface area contributed by atoms with Crippen LogP contribution in [0.15, 0.2) is 0 Å². The van der Waals surface area contributed by atoms with Gasteiger partial charge in [0.2, 0.25) is 5.91 Å². The van der Waals surface area contributed by atoms with Crippen molar-refractivity contribution in [3.63, 3.8) is 0 Å². The summed E-state index contributed by atoms with van der Waals surface area (Å²) < 4.78 is 0. The summed E-state index contributed by atoms with van der Waals surface area (Å²) in [6, 6.07) is 0. The zero-order valence-corrected chi connectivity index (χ0v) is 10.3. The molecule has 2 rings (SSSR count). The smallest absolute Gasteiger partial charge is 0.228 e. The number of halogens is 1. The molecule has 0 bridgehead atoms. The van der Waals surface area contributed by atoms with Gasteiger partial charge in [0.25, 0.3) is 0 Å². The minimum absolute atomic E-state index is 0.0686. The first-order valence-electron chi connectivity index (χ1n) is 5.61. The van der Waals surface area contributed by atoms with Crippen molar-refractivity contribution < 1.29 is 4.79 Å². The molecule has 0 aromatic heterocycles. The van der Waals surface area contributed by atoms with E-state index in [2.05, 4.69) is 27.8 Å². The van der Waals surface area contributed by atoms with Gasteiger partial charge in [0.05, 0.1) is 0 Å². The van der Waals surface area contributed by atoms with E-state index in [1.807, 2.05) is 0 Å². The Morgan fingerprint density at radius 3 is 2.43 bits per heavy atom. The van der Waals surface area contributed by atoms with E-state index in [9.17, 15) is 4.79 Å². The van der Waals surface area contributed by atoms with Crippen LogP contribution in [0, 0.1) is 5.41 Å². The number of carbonyl (C=O) groups excluding carboxylic acids is 1. The van der Waals surface area contributed by atoms with Gasteiger partial charge in [-0.3, -0.25) is 4.79 Å². The fourth-order valence-corrected chi connectivity index (χ4v) is 2.67. The van der Waals surface area contributed by atoms with Crippen molar-refractivity contribution in [1.82, 2.24) is 4.90 Å². The van der Waals surface area contributed by atoms with Crippen molar-refractivity contribution >= 4 is 21.8 Å². The van der Waals surface area contributed by atoms with Crippen molar-refractivity contribution in [2.24, 2.45) is 5.41 Å². The van der Waals surface area contributed by atoms with Crippen LogP contribution in [0.3, 0.4) is 0 Å². The van der Waals surface area contributed by atoms with E-state index in [-0.39, 0.29) is 5.41 Å². The molecule has 0 N–H and O–H groups in total. The third kappa shape index (κ3) is 1.83. The molecule has 0 aromatic rings. The van der Waals surface area contributed by atoms with E-state index >= 15 is 0 Å². The average molecular weight is 260 g/mol. The molecule has 0 atom stereocenters. The number of rotatable bonds is 2. The van der Waals surface area contributed by atoms with Crippen LogP contribution in [0.25, 0.3) is 0 Å². The van der Waals surface area contributed by atoms with Gasteiger partial charge in [-0.05, 0) is 32.1 Å². The van der Waals surface area contributed by atoms with Gasteiger partial charge in [-0.1, -0.05) is 22.9 Å². The molecule has 3 heteroatoms. The van der Waals surface area contributed by atoms with Gasteiger partial charge in [-0.2, -0.15) is 0 Å². The lowest BCUT2D eigenvalue weighted by molar-refractivity contribution is -0.138. The van der Waals surface area contributed by atoms with Gasteiger partial charge in [0.1, 0.15) is 0 Å². The van der Waals surface area contributed by atoms with Crippen molar-refractivity contribution in [3.05, 3.63) is 0 Å². The van der Waals surface area contributed by atoms with Crippen LogP contribution < -0.4 is 0 Å². The van der Waals surface area contributed by atoms with E-state index in [1.54, 1.807) is 0 Å². The number of nitrogens with zero attached hydrogens (tertiary/aromatic N) is 1. The Hall–Kier alpha value is -0.0500. The largest absolute Gasteiger partial charge is 0.342 e. The lowest BCUT2D eigenvalue weighted by Crippen LogP contribution is -2.42. The fourth-order valence-electron chi connectivity index (χ4n) is 2.26. The van der Waals surface area contributed by atoms with E-state index in [4.69, 9.17) is 0 Å². The zero-order chi connectivity index (χ0) is 10.2. The maximum Gasteiger partial charge on any atom is 0.228 e. The van der Waals surface area contributed by atoms with Crippen LogP contribution in [0.5, 0.6) is 0 Å². The third-order valence-corrected chi connectivity index (χ3v) is 4.61. The summed E-state index contributed by atoms with van der Waals surface area (Å²) >= 11 is 3.61. The molecule has 1 saturated carbocycles. The minimum atomic E-state index is 0.0686. The van der Waals surface area contributed by atoms with Gasteiger partial charge < -0.3 is 4.90 Å². The number of hydrogen-bond acceptors (Lipinski definition) is 1. The van der Waals surface area contributed by atoms with Crippen LogP contribution in [-0.2, 0) is 4.79 Å². The standard InChI is InChI=1S/C11H18BrNO/c1-2-11(5-6-11)10(14)13-7-3-9(12)4-8-13/h9H,2-8H2,1H3. The second kappa shape index (κ2) is 3.84. The van der Waals surface area contributed by atoms with E-state index in [1.165, 1.54) is 0 Å². The first kappa shape index (κ1) is 10.5. The molecule has 1 aliphatic heterocycles. The number of likely N-dealkylation sites (tertiary alicyclic amines) is 1. The molecule has 1 heterocycles. The van der Waals surface area contributed by atoms with Gasteiger partial charge in [0, 0.05) is 23.3 Å². The molecule has 0 radical (unpaired) electrons. The summed E-state index contributed by atoms with van der Waals surface area (Å²) in [7, 11) is 0.